The van der Waals surface area contributed by atoms with Gasteiger partial charge in [-0.1, -0.05) is 72.8 Å². The highest BCUT2D eigenvalue weighted by molar-refractivity contribution is 8.09. The van der Waals surface area contributed by atoms with Crippen LogP contribution in [0.4, 0.5) is 5.82 Å². The fraction of sp³-hybridized carbons (Fsp3) is 0.407. The number of anilines is 1. The molecule has 6 aromatic rings. The Hall–Kier alpha value is -6.71. The Kier molecular flexibility index (Phi) is 21.0. The number of carbonyl (C=O) groups is 1. The number of benzene rings is 4. The number of nitriles is 2. The van der Waals surface area contributed by atoms with Crippen LogP contribution in [-0.2, 0) is 45.2 Å². The van der Waals surface area contributed by atoms with Crippen LogP contribution in [0.2, 0.25) is 0 Å². The number of hydrogen-bond donors (Lipinski definition) is 2. The van der Waals surface area contributed by atoms with Crippen LogP contribution in [0.1, 0.15) is 98.4 Å². The monoisotopic (exact) mass is 1170 g/mol. The van der Waals surface area contributed by atoms with Gasteiger partial charge in [0.1, 0.15) is 55.9 Å². The summed E-state index contributed by atoms with van der Waals surface area (Å²) in [5, 5.41) is 22.5. The standard InChI is InChI=1S/C59H68N8O12P2S/c1-39(2)67(40(3)4)80(32-14-29-60)78-48-34-53(65-31-28-52(63-57(65)70)62-56(69)42-16-10-8-11-17-42)77-51(48)38-75-81(82,33-15-30-61)79-49-35-54(66-36-41(5)55(68)64-58(66)71)76-50(49)37-74-59(43-18-12-9-13-19-43,44-20-24-46(72-6)25-21-44)45-22-26-47(73-7)27-23-45/h8-13,16-28,31,36,39-40,48-51,53-54H,14-15,32-35,37-38H2,1-7H3,(H,64,68,71)(H,62,63,69,70)/t48-,49-,50+,51+,53+,54+,80?,81?/m0/s1. The molecule has 0 spiro atoms. The topological polar surface area (TPSA) is 244 Å². The minimum atomic E-state index is -3.56. The Bertz CT molecular complexity index is 3370. The molecule has 2 unspecified atom stereocenters. The highest BCUT2D eigenvalue weighted by Crippen LogP contribution is 2.55. The van der Waals surface area contributed by atoms with E-state index in [0.29, 0.717) is 23.2 Å². The molecule has 0 saturated carbocycles. The van der Waals surface area contributed by atoms with Gasteiger partial charge >= 0.3 is 11.4 Å². The zero-order valence-electron chi connectivity index (χ0n) is 46.8. The van der Waals surface area contributed by atoms with E-state index in [1.165, 1.54) is 27.6 Å². The van der Waals surface area contributed by atoms with E-state index in [4.69, 9.17) is 49.1 Å². The lowest BCUT2D eigenvalue weighted by molar-refractivity contribution is -0.0923. The molecule has 8 atom stereocenters. The van der Waals surface area contributed by atoms with Crippen molar-refractivity contribution in [1.29, 1.82) is 10.5 Å². The predicted molar refractivity (Wildman–Crippen MR) is 313 cm³/mol. The first-order valence-corrected chi connectivity index (χ1v) is 31.2. The van der Waals surface area contributed by atoms with Gasteiger partial charge in [-0.25, -0.2) is 9.59 Å². The first kappa shape index (κ1) is 61.4. The summed E-state index contributed by atoms with van der Waals surface area (Å²) < 4.78 is 57.7. The zero-order chi connectivity index (χ0) is 58.6. The first-order valence-electron chi connectivity index (χ1n) is 26.9. The molecule has 23 heteroatoms. The van der Waals surface area contributed by atoms with Crippen LogP contribution in [-0.4, -0.2) is 106 Å². The van der Waals surface area contributed by atoms with Gasteiger partial charge in [0.25, 0.3) is 11.5 Å². The van der Waals surface area contributed by atoms with E-state index in [-0.39, 0.29) is 68.5 Å². The predicted octanol–water partition coefficient (Wildman–Crippen LogP) is 9.31. The van der Waals surface area contributed by atoms with Gasteiger partial charge in [0.05, 0.1) is 51.8 Å². The average Bonchev–Trinajstić information content (AvgIpc) is 4.13. The summed E-state index contributed by atoms with van der Waals surface area (Å²) in [7, 11) is 1.78. The number of aryl methyl sites for hydroxylation is 1. The molecule has 0 radical (unpaired) electrons. The lowest BCUT2D eigenvalue weighted by Gasteiger charge is -2.39. The van der Waals surface area contributed by atoms with Gasteiger partial charge in [-0.15, -0.1) is 0 Å². The minimum absolute atomic E-state index is 0.00150. The second-order valence-electron chi connectivity index (χ2n) is 20.2. The second kappa shape index (κ2) is 28.0. The number of rotatable bonds is 26. The summed E-state index contributed by atoms with van der Waals surface area (Å²) in [4.78, 5) is 59.6. The third-order valence-corrected chi connectivity index (χ3v) is 19.7. The Balaban J connectivity index is 1.13. The van der Waals surface area contributed by atoms with E-state index in [0.717, 1.165) is 16.7 Å². The van der Waals surface area contributed by atoms with E-state index < -0.39 is 80.1 Å². The van der Waals surface area contributed by atoms with Gasteiger partial charge < -0.3 is 42.6 Å². The van der Waals surface area contributed by atoms with E-state index in [1.54, 1.807) is 51.5 Å². The Morgan fingerprint density at radius 1 is 0.805 bits per heavy atom. The highest BCUT2D eigenvalue weighted by Gasteiger charge is 2.46. The molecule has 0 aliphatic carbocycles. The van der Waals surface area contributed by atoms with Gasteiger partial charge in [-0.2, -0.15) is 15.5 Å². The number of nitrogens with one attached hydrogen (secondary N) is 2. The van der Waals surface area contributed by atoms with Crippen LogP contribution >= 0.6 is 14.8 Å². The lowest BCUT2D eigenvalue weighted by Crippen LogP contribution is -2.38. The van der Waals surface area contributed by atoms with E-state index in [2.05, 4.69) is 59.8 Å². The molecule has 4 aromatic carbocycles. The molecule has 2 fully saturated rings. The van der Waals surface area contributed by atoms with Crippen LogP contribution in [0.5, 0.6) is 11.5 Å². The Morgan fingerprint density at radius 3 is 1.94 bits per heavy atom. The fourth-order valence-electron chi connectivity index (χ4n) is 10.2. The van der Waals surface area contributed by atoms with Crippen molar-refractivity contribution in [3.8, 4) is 23.6 Å². The quantitative estimate of drug-likeness (QED) is 0.0379. The molecular formula is C59H68N8O12P2S. The lowest BCUT2D eigenvalue weighted by atomic mass is 9.80. The SMILES string of the molecule is COc1ccc(C(OC[C@H]2O[C@@H](n3cc(C)c(=O)[nH]c3=O)C[C@@H]2OP(=S)(CCC#N)OC[C@H]2O[C@@H](n3ccc(NC(=O)c4ccccc4)nc3=O)C[C@@H]2OP(CCC#N)N(C(C)C)C(C)C)(c2ccccc2)c2ccc(OC)cc2)cc1. The minimum Gasteiger partial charge on any atom is -0.497 e. The largest absolute Gasteiger partial charge is 0.497 e. The summed E-state index contributed by atoms with van der Waals surface area (Å²) in [6, 6.07) is 39.4. The van der Waals surface area contributed by atoms with Crippen molar-refractivity contribution in [2.24, 2.45) is 0 Å². The maximum atomic E-state index is 13.8. The van der Waals surface area contributed by atoms with Crippen LogP contribution in [0.3, 0.4) is 0 Å². The maximum absolute atomic E-state index is 13.8. The fourth-order valence-corrected chi connectivity index (χ4v) is 15.0. The number of aromatic amines is 1. The molecule has 2 saturated heterocycles. The Labute approximate surface area is 482 Å². The number of hydrogen-bond acceptors (Lipinski definition) is 17. The second-order valence-corrected chi connectivity index (χ2v) is 25.9. The summed E-state index contributed by atoms with van der Waals surface area (Å²) in [5.74, 6) is 0.886. The first-order chi connectivity index (χ1) is 39.5. The van der Waals surface area contributed by atoms with Gasteiger partial charge in [0.2, 0.25) is 0 Å². The van der Waals surface area contributed by atoms with Crippen molar-refractivity contribution in [3.63, 3.8) is 0 Å². The molecule has 8 rings (SSSR count). The molecule has 2 N–H and O–H groups in total. The average molecular weight is 1180 g/mol. The van der Waals surface area contributed by atoms with Crippen LogP contribution in [0.15, 0.2) is 142 Å². The number of amides is 1. The van der Waals surface area contributed by atoms with Crippen LogP contribution < -0.4 is 31.7 Å². The molecular weight excluding hydrogens is 1110 g/mol. The smallest absolute Gasteiger partial charge is 0.351 e. The van der Waals surface area contributed by atoms with Gasteiger partial charge in [0.15, 0.2) is 6.49 Å². The molecule has 0 bridgehead atoms. The van der Waals surface area contributed by atoms with Crippen molar-refractivity contribution in [2.45, 2.75) is 115 Å². The summed E-state index contributed by atoms with van der Waals surface area (Å²) in [6.07, 6.45) is -1.57. The number of aromatic nitrogens is 4. The number of H-pyrrole nitrogens is 1. The van der Waals surface area contributed by atoms with Gasteiger partial charge in [-0.05, 0) is 106 Å². The number of carbonyl (C=O) groups excluding carboxylic acids is 1. The third-order valence-electron chi connectivity index (χ3n) is 14.1. The van der Waals surface area contributed by atoms with Crippen LogP contribution in [0, 0.1) is 29.6 Å². The molecule has 82 heavy (non-hydrogen) atoms. The van der Waals surface area contributed by atoms with Crippen molar-refractivity contribution in [3.05, 3.63) is 187 Å². The summed E-state index contributed by atoms with van der Waals surface area (Å²) in [5.41, 5.74) is -0.255. The molecule has 2 aliphatic heterocycles. The van der Waals surface area contributed by atoms with E-state index >= 15 is 0 Å². The van der Waals surface area contributed by atoms with Crippen molar-refractivity contribution < 1.29 is 42.1 Å². The zero-order valence-corrected chi connectivity index (χ0v) is 49.4. The van der Waals surface area contributed by atoms with E-state index in [1.807, 2.05) is 78.9 Å². The van der Waals surface area contributed by atoms with Crippen molar-refractivity contribution in [2.75, 3.05) is 45.1 Å². The highest BCUT2D eigenvalue weighted by atomic mass is 32.5. The molecule has 20 nitrogen and oxygen atoms in total. The molecule has 2 aliphatic rings. The third kappa shape index (κ3) is 14.5. The molecule has 432 valence electrons. The number of methoxy groups -OCH3 is 2. The Morgan fingerprint density at radius 2 is 1.37 bits per heavy atom. The van der Waals surface area contributed by atoms with Crippen LogP contribution in [0.25, 0.3) is 0 Å². The summed E-state index contributed by atoms with van der Waals surface area (Å²) >= 11 is 6.41. The molecule has 4 heterocycles. The maximum Gasteiger partial charge on any atom is 0.351 e. The van der Waals surface area contributed by atoms with Crippen molar-refractivity contribution >= 4 is 38.3 Å². The van der Waals surface area contributed by atoms with E-state index in [9.17, 15) is 29.7 Å². The van der Waals surface area contributed by atoms with Crippen molar-refractivity contribution in [1.82, 2.24) is 23.8 Å². The molecule has 1 amide bonds. The summed E-state index contributed by atoms with van der Waals surface area (Å²) in [6.45, 7) is 5.94. The normalized spacial score (nSPS) is 20.0. The van der Waals surface area contributed by atoms with Gasteiger partial charge in [0, 0.05) is 73.6 Å². The number of nitrogens with zero attached hydrogens (tertiary/aromatic N) is 6. The van der Waals surface area contributed by atoms with Gasteiger partial charge in [-0.3, -0.25) is 28.4 Å². The number of ether oxygens (including phenoxy) is 5. The molecule has 2 aromatic heterocycles.